The number of hydrogen-bond acceptors (Lipinski definition) is 3. The van der Waals surface area contributed by atoms with Crippen molar-refractivity contribution in [2.75, 3.05) is 0 Å². The van der Waals surface area contributed by atoms with E-state index in [0.717, 1.165) is 102 Å². The topological polar surface area (TPSA) is 50.9 Å². The number of aromatic nitrogens is 3. The predicted molar refractivity (Wildman–Crippen MR) is 308 cm³/mol. The number of hydrogen-bond donors (Lipinski definition) is 1. The van der Waals surface area contributed by atoms with Crippen LogP contribution in [0.5, 0.6) is 5.75 Å². The first-order valence-corrected chi connectivity index (χ1v) is 26.0. The van der Waals surface area contributed by atoms with Gasteiger partial charge in [-0.1, -0.05) is 196 Å². The summed E-state index contributed by atoms with van der Waals surface area (Å²) in [5, 5.41) is 12.8. The van der Waals surface area contributed by atoms with Crippen molar-refractivity contribution < 1.29 is 31.7 Å². The number of aryl methyl sites for hydroxylation is 1. The van der Waals surface area contributed by atoms with Crippen molar-refractivity contribution >= 4 is 11.0 Å². The quantitative estimate of drug-likeness (QED) is 0.154. The fraction of sp³-hybridized carbons (Fsp3) is 0.304. The van der Waals surface area contributed by atoms with Crippen LogP contribution in [0.15, 0.2) is 158 Å². The fourth-order valence-electron chi connectivity index (χ4n) is 10.5. The molecule has 4 nitrogen and oxygen atoms in total. The Bertz CT molecular complexity index is 3680. The molecule has 0 spiro atoms. The molecule has 7 aromatic carbocycles. The van der Waals surface area contributed by atoms with Gasteiger partial charge in [-0.15, -0.1) is 29.3 Å². The molecule has 10 rings (SSSR count). The standard InChI is InChI=1S/C69H72N3O.Pt/c1-44-36-48(46-30-33-69(11,12)34-31-46)26-28-55(44)50-27-29-61(57(40-50)47-22-17-14-18-23-47)72-62-25-19-24-56(63(62)71-65(72)58-42-54(67(5,6)7)43-59(64(58)73)68(8,9)10)51-37-52(39-53(38-51)66(2,3)4)60-41-49(32-35-70-60)45-20-15-13-16-21-45;/h13-29,32,35-36,38-43,46,73H,30-31,33-34H2,1-12H3;/q-1;/i1D3,46D;. The summed E-state index contributed by atoms with van der Waals surface area (Å²) in [6, 6.07) is 55.4. The van der Waals surface area contributed by atoms with Crippen LogP contribution in [-0.2, 0) is 37.3 Å². The summed E-state index contributed by atoms with van der Waals surface area (Å²) in [5.41, 5.74) is 15.0. The molecule has 0 amide bonds. The molecule has 0 atom stereocenters. The molecule has 1 aliphatic rings. The van der Waals surface area contributed by atoms with Crippen molar-refractivity contribution in [2.45, 2.75) is 131 Å². The van der Waals surface area contributed by atoms with Gasteiger partial charge >= 0.3 is 0 Å². The van der Waals surface area contributed by atoms with E-state index in [2.05, 4.69) is 184 Å². The molecule has 2 aromatic heterocycles. The summed E-state index contributed by atoms with van der Waals surface area (Å²) in [4.78, 5) is 10.6. The van der Waals surface area contributed by atoms with E-state index in [-0.39, 0.29) is 48.6 Å². The SMILES string of the molecule is [2H]C([2H])([2H])c1cc(C2([2H])CCC(C)(C)CC2)ccc1-c1ccc(-n2c(-c3cc(C(C)(C)C)cc(C(C)(C)C)c3O)nc3c(-c4[c-]c(-c5cc(-c6ccccc6)ccn5)cc(C(C)(C)C)c4)cccc32)c(-c2ccccc2)c1.[Pt]. The first-order chi connectivity index (χ1) is 36.2. The number of rotatable bonds is 8. The van der Waals surface area contributed by atoms with E-state index in [9.17, 15) is 6.48 Å². The molecular weight excluding hydrogens is 1080 g/mol. The van der Waals surface area contributed by atoms with Gasteiger partial charge in [0.15, 0.2) is 0 Å². The van der Waals surface area contributed by atoms with Crippen molar-refractivity contribution in [3.63, 3.8) is 0 Å². The Morgan fingerprint density at radius 3 is 1.93 bits per heavy atom. The summed E-state index contributed by atoms with van der Waals surface area (Å²) >= 11 is 0. The van der Waals surface area contributed by atoms with Crippen LogP contribution in [0.25, 0.3) is 83.9 Å². The van der Waals surface area contributed by atoms with Crippen LogP contribution in [0, 0.1) is 18.3 Å². The molecule has 74 heavy (non-hydrogen) atoms. The van der Waals surface area contributed by atoms with E-state index >= 15 is 0 Å². The van der Waals surface area contributed by atoms with Crippen LogP contribution < -0.4 is 0 Å². The molecule has 0 bridgehead atoms. The number of pyridine rings is 1. The van der Waals surface area contributed by atoms with Gasteiger partial charge in [-0.25, -0.2) is 4.98 Å². The van der Waals surface area contributed by atoms with Crippen molar-refractivity contribution in [3.8, 4) is 78.6 Å². The number of fused-ring (bicyclic) bond motifs is 1. The van der Waals surface area contributed by atoms with Gasteiger partial charge in [-0.05, 0) is 135 Å². The molecule has 0 saturated heterocycles. The summed E-state index contributed by atoms with van der Waals surface area (Å²) in [7, 11) is 0. The van der Waals surface area contributed by atoms with Gasteiger partial charge < -0.3 is 5.11 Å². The van der Waals surface area contributed by atoms with Gasteiger partial charge in [0.1, 0.15) is 11.6 Å². The average molecular weight is 1160 g/mol. The first-order valence-electron chi connectivity index (χ1n) is 28.0. The second-order valence-corrected chi connectivity index (χ2v) is 24.2. The van der Waals surface area contributed by atoms with Crippen molar-refractivity contribution in [1.82, 2.24) is 14.5 Å². The Balaban J connectivity index is 0.00000740. The van der Waals surface area contributed by atoms with E-state index in [1.54, 1.807) is 6.07 Å². The number of benzene rings is 7. The van der Waals surface area contributed by atoms with Gasteiger partial charge in [0.05, 0.1) is 22.3 Å². The van der Waals surface area contributed by atoms with Gasteiger partial charge in [0, 0.05) is 49.6 Å². The van der Waals surface area contributed by atoms with Crippen LogP contribution in [0.1, 0.15) is 141 Å². The van der Waals surface area contributed by atoms with E-state index < -0.39 is 18.2 Å². The minimum absolute atomic E-state index is 0. The molecule has 0 radical (unpaired) electrons. The summed E-state index contributed by atoms with van der Waals surface area (Å²) in [6.45, 7) is 21.7. The van der Waals surface area contributed by atoms with Crippen molar-refractivity contribution in [1.29, 1.82) is 0 Å². The zero-order valence-corrected chi connectivity index (χ0v) is 47.2. The largest absolute Gasteiger partial charge is 0.507 e. The van der Waals surface area contributed by atoms with Gasteiger partial charge in [0.25, 0.3) is 0 Å². The maximum Gasteiger partial charge on any atom is 0.148 e. The Kier molecular flexibility index (Phi) is 12.8. The van der Waals surface area contributed by atoms with E-state index in [0.29, 0.717) is 29.8 Å². The van der Waals surface area contributed by atoms with Crippen LogP contribution >= 0.6 is 0 Å². The van der Waals surface area contributed by atoms with E-state index in [1.165, 1.54) is 0 Å². The molecule has 0 aliphatic heterocycles. The Morgan fingerprint density at radius 2 is 1.27 bits per heavy atom. The van der Waals surface area contributed by atoms with Crippen LogP contribution in [0.2, 0.25) is 0 Å². The van der Waals surface area contributed by atoms with Gasteiger partial charge in [0.2, 0.25) is 0 Å². The van der Waals surface area contributed by atoms with Crippen molar-refractivity contribution in [2.24, 2.45) is 5.41 Å². The molecule has 0 unspecified atom stereocenters. The third-order valence-electron chi connectivity index (χ3n) is 15.1. The van der Waals surface area contributed by atoms with Crippen LogP contribution in [-0.4, -0.2) is 19.6 Å². The second kappa shape index (κ2) is 20.1. The first kappa shape index (κ1) is 47.4. The second-order valence-electron chi connectivity index (χ2n) is 24.2. The molecule has 2 heterocycles. The molecule has 1 saturated carbocycles. The van der Waals surface area contributed by atoms with Crippen LogP contribution in [0.3, 0.4) is 0 Å². The van der Waals surface area contributed by atoms with Crippen LogP contribution in [0.4, 0.5) is 0 Å². The number of para-hydroxylation sites is 1. The Hall–Kier alpha value is -6.35. The zero-order chi connectivity index (χ0) is 55.0. The predicted octanol–water partition coefficient (Wildman–Crippen LogP) is 18.8. The summed E-state index contributed by atoms with van der Waals surface area (Å²) < 4.78 is 38.5. The third kappa shape index (κ3) is 10.5. The number of imidazole rings is 1. The summed E-state index contributed by atoms with van der Waals surface area (Å²) in [5.74, 6) is -0.115. The molecule has 5 heteroatoms. The minimum Gasteiger partial charge on any atom is -0.507 e. The molecular formula is C69H72N3OPt-. The van der Waals surface area contributed by atoms with Gasteiger partial charge in [-0.3, -0.25) is 9.55 Å². The minimum atomic E-state index is -2.44. The van der Waals surface area contributed by atoms with Crippen molar-refractivity contribution in [3.05, 3.63) is 192 Å². The zero-order valence-electron chi connectivity index (χ0n) is 48.9. The number of aromatic hydroxyl groups is 1. The van der Waals surface area contributed by atoms with E-state index in [4.69, 9.17) is 14.1 Å². The molecule has 1 fully saturated rings. The normalized spacial score (nSPS) is 15.7. The van der Waals surface area contributed by atoms with E-state index in [1.807, 2.05) is 54.7 Å². The summed E-state index contributed by atoms with van der Waals surface area (Å²) in [6.07, 6.45) is 5.06. The molecule has 9 aromatic rings. The maximum atomic E-state index is 12.8. The van der Waals surface area contributed by atoms with Gasteiger partial charge in [-0.2, -0.15) is 0 Å². The fourth-order valence-corrected chi connectivity index (χ4v) is 10.5. The number of phenols is 1. The molecule has 380 valence electrons. The third-order valence-corrected chi connectivity index (χ3v) is 15.1. The monoisotopic (exact) mass is 1160 g/mol. The molecule has 1 aliphatic carbocycles. The average Bonchev–Trinajstić information content (AvgIpc) is 3.78. The number of phenolic OH excluding ortho intramolecular Hbond substituents is 1. The smallest absolute Gasteiger partial charge is 0.148 e. The maximum absolute atomic E-state index is 12.8. The Morgan fingerprint density at radius 1 is 0.608 bits per heavy atom. The Labute approximate surface area is 461 Å². The molecule has 1 N–H and O–H groups in total. The number of nitrogens with zero attached hydrogens (tertiary/aromatic N) is 3.